The van der Waals surface area contributed by atoms with Crippen molar-refractivity contribution >= 4 is 15.7 Å². The summed E-state index contributed by atoms with van der Waals surface area (Å²) >= 11 is 0. The van der Waals surface area contributed by atoms with Crippen LogP contribution in [0.1, 0.15) is 12.8 Å². The van der Waals surface area contributed by atoms with Crippen molar-refractivity contribution in [2.75, 3.05) is 32.7 Å². The molecule has 4 rings (SSSR count). The number of nitro groups is 1. The average Bonchev–Trinajstić information content (AvgIpc) is 3.25. The number of nitro benzene ring substituents is 1. The van der Waals surface area contributed by atoms with Crippen molar-refractivity contribution in [3.8, 4) is 0 Å². The van der Waals surface area contributed by atoms with Crippen molar-refractivity contribution in [2.24, 2.45) is 17.8 Å². The molecule has 0 aromatic heterocycles. The average molecular weight is 378 g/mol. The Morgan fingerprint density at radius 2 is 1.81 bits per heavy atom. The SMILES string of the molecule is O=[N+]([O-])c1ccc(S(=O)(=O)N2CC[NH+](C[C@@H]3C[C@@H]4C=C[C@H]3C4)CC2)cc1. The Morgan fingerprint density at radius 3 is 2.35 bits per heavy atom. The number of hydrogen-bond acceptors (Lipinski definition) is 4. The topological polar surface area (TPSA) is 85.0 Å². The molecule has 1 aromatic rings. The molecule has 26 heavy (non-hydrogen) atoms. The monoisotopic (exact) mass is 378 g/mol. The molecular weight excluding hydrogens is 354 g/mol. The first-order chi connectivity index (χ1) is 12.4. The number of rotatable bonds is 5. The Bertz CT molecular complexity index is 813. The third kappa shape index (κ3) is 3.28. The summed E-state index contributed by atoms with van der Waals surface area (Å²) in [6, 6.07) is 5.15. The first-order valence-corrected chi connectivity index (χ1v) is 10.6. The second-order valence-corrected chi connectivity index (χ2v) is 9.59. The quantitative estimate of drug-likeness (QED) is 0.464. The van der Waals surface area contributed by atoms with E-state index in [2.05, 4.69) is 12.2 Å². The van der Waals surface area contributed by atoms with Gasteiger partial charge >= 0.3 is 0 Å². The second kappa shape index (κ2) is 6.75. The van der Waals surface area contributed by atoms with E-state index in [9.17, 15) is 18.5 Å². The van der Waals surface area contributed by atoms with Gasteiger partial charge < -0.3 is 4.90 Å². The number of nitrogens with one attached hydrogen (secondary N) is 1. The normalized spacial score (nSPS) is 29.3. The van der Waals surface area contributed by atoms with E-state index in [0.29, 0.717) is 13.1 Å². The molecule has 0 spiro atoms. The van der Waals surface area contributed by atoms with Gasteiger partial charge in [-0.05, 0) is 36.8 Å². The molecule has 8 heteroatoms. The van der Waals surface area contributed by atoms with Crippen LogP contribution >= 0.6 is 0 Å². The molecular formula is C18H24N3O4S+. The highest BCUT2D eigenvalue weighted by atomic mass is 32.2. The molecule has 1 aromatic carbocycles. The zero-order valence-electron chi connectivity index (χ0n) is 14.6. The Morgan fingerprint density at radius 1 is 1.12 bits per heavy atom. The smallest absolute Gasteiger partial charge is 0.269 e. The van der Waals surface area contributed by atoms with Gasteiger partial charge in [0.25, 0.3) is 5.69 Å². The summed E-state index contributed by atoms with van der Waals surface area (Å²) in [5.74, 6) is 2.25. The number of hydrogen-bond donors (Lipinski definition) is 1. The fraction of sp³-hybridized carbons (Fsp3) is 0.556. The molecule has 2 bridgehead atoms. The number of piperazine rings is 1. The van der Waals surface area contributed by atoms with Gasteiger partial charge in [-0.25, -0.2) is 8.42 Å². The maximum Gasteiger partial charge on any atom is 0.269 e. The number of quaternary nitrogens is 1. The van der Waals surface area contributed by atoms with E-state index in [1.165, 1.54) is 46.3 Å². The molecule has 7 nitrogen and oxygen atoms in total. The van der Waals surface area contributed by atoms with E-state index >= 15 is 0 Å². The van der Waals surface area contributed by atoms with Crippen LogP contribution in [0, 0.1) is 27.9 Å². The molecule has 1 saturated carbocycles. The van der Waals surface area contributed by atoms with E-state index in [4.69, 9.17) is 0 Å². The minimum Gasteiger partial charge on any atom is -0.332 e. The lowest BCUT2D eigenvalue weighted by Gasteiger charge is -2.33. The van der Waals surface area contributed by atoms with E-state index in [1.807, 2.05) is 0 Å². The predicted molar refractivity (Wildman–Crippen MR) is 96.3 cm³/mol. The summed E-state index contributed by atoms with van der Waals surface area (Å²) in [5.41, 5.74) is -0.0990. The summed E-state index contributed by atoms with van der Waals surface area (Å²) < 4.78 is 27.0. The van der Waals surface area contributed by atoms with Crippen LogP contribution in [0.5, 0.6) is 0 Å². The van der Waals surface area contributed by atoms with Crippen molar-refractivity contribution < 1.29 is 18.2 Å². The van der Waals surface area contributed by atoms with Crippen LogP contribution in [0.3, 0.4) is 0 Å². The molecule has 0 unspecified atom stereocenters. The molecule has 3 atom stereocenters. The van der Waals surface area contributed by atoms with E-state index < -0.39 is 14.9 Å². The van der Waals surface area contributed by atoms with Crippen LogP contribution in [0.25, 0.3) is 0 Å². The molecule has 1 aliphatic heterocycles. The van der Waals surface area contributed by atoms with Gasteiger partial charge in [0.15, 0.2) is 0 Å². The van der Waals surface area contributed by atoms with Gasteiger partial charge in [0.2, 0.25) is 10.0 Å². The molecule has 1 N–H and O–H groups in total. The van der Waals surface area contributed by atoms with E-state index in [1.54, 1.807) is 0 Å². The van der Waals surface area contributed by atoms with Crippen molar-refractivity contribution in [1.82, 2.24) is 4.31 Å². The number of sulfonamides is 1. The Labute approximate surface area is 153 Å². The first kappa shape index (κ1) is 17.6. The van der Waals surface area contributed by atoms with Gasteiger partial charge in [0.1, 0.15) is 0 Å². The lowest BCUT2D eigenvalue weighted by atomic mass is 9.93. The van der Waals surface area contributed by atoms with Crippen molar-refractivity contribution in [3.63, 3.8) is 0 Å². The predicted octanol–water partition coefficient (Wildman–Crippen LogP) is 0.696. The lowest BCUT2D eigenvalue weighted by molar-refractivity contribution is -0.907. The number of benzene rings is 1. The molecule has 1 saturated heterocycles. The number of non-ortho nitro benzene ring substituents is 1. The molecule has 0 radical (unpaired) electrons. The lowest BCUT2D eigenvalue weighted by Crippen LogP contribution is -3.15. The fourth-order valence-corrected chi connectivity index (χ4v) is 6.08. The van der Waals surface area contributed by atoms with Crippen LogP contribution in [0.2, 0.25) is 0 Å². The van der Waals surface area contributed by atoms with Crippen LogP contribution in [0.15, 0.2) is 41.3 Å². The van der Waals surface area contributed by atoms with Crippen molar-refractivity contribution in [3.05, 3.63) is 46.5 Å². The summed E-state index contributed by atoms with van der Waals surface area (Å²) in [5, 5.41) is 10.7. The van der Waals surface area contributed by atoms with Crippen LogP contribution in [0.4, 0.5) is 5.69 Å². The van der Waals surface area contributed by atoms with Gasteiger partial charge in [-0.15, -0.1) is 0 Å². The minimum absolute atomic E-state index is 0.0990. The van der Waals surface area contributed by atoms with Gasteiger partial charge in [0.05, 0.1) is 42.5 Å². The summed E-state index contributed by atoms with van der Waals surface area (Å²) in [7, 11) is -3.58. The number of fused-ring (bicyclic) bond motifs is 2. The third-order valence-electron chi connectivity index (χ3n) is 6.08. The van der Waals surface area contributed by atoms with Crippen LogP contribution in [-0.4, -0.2) is 50.4 Å². The second-order valence-electron chi connectivity index (χ2n) is 7.65. The molecule has 0 amide bonds. The summed E-state index contributed by atoms with van der Waals surface area (Å²) in [4.78, 5) is 11.8. The van der Waals surface area contributed by atoms with Gasteiger partial charge in [-0.2, -0.15) is 4.31 Å². The number of allylic oxidation sites excluding steroid dienone is 2. The Kier molecular flexibility index (Phi) is 4.58. The van der Waals surface area contributed by atoms with Gasteiger partial charge in [0, 0.05) is 18.1 Å². The molecule has 3 aliphatic rings. The maximum absolute atomic E-state index is 12.8. The number of nitrogens with zero attached hydrogens (tertiary/aromatic N) is 2. The fourth-order valence-electron chi connectivity index (χ4n) is 4.64. The molecule has 2 fully saturated rings. The van der Waals surface area contributed by atoms with Gasteiger partial charge in [-0.1, -0.05) is 12.2 Å². The zero-order valence-corrected chi connectivity index (χ0v) is 15.4. The highest BCUT2D eigenvalue weighted by molar-refractivity contribution is 7.89. The highest BCUT2D eigenvalue weighted by Gasteiger charge is 2.39. The third-order valence-corrected chi connectivity index (χ3v) is 7.99. The van der Waals surface area contributed by atoms with Crippen molar-refractivity contribution in [2.45, 2.75) is 17.7 Å². The highest BCUT2D eigenvalue weighted by Crippen LogP contribution is 2.42. The molecule has 140 valence electrons. The largest absolute Gasteiger partial charge is 0.332 e. The summed E-state index contributed by atoms with van der Waals surface area (Å²) in [6.07, 6.45) is 7.31. The van der Waals surface area contributed by atoms with Crippen molar-refractivity contribution in [1.29, 1.82) is 0 Å². The summed E-state index contributed by atoms with van der Waals surface area (Å²) in [6.45, 7) is 3.79. The molecule has 1 heterocycles. The standard InChI is InChI=1S/C18H23N3O4S/c22-21(23)17-3-5-18(6-4-17)26(24,25)20-9-7-19(8-10-20)13-16-12-14-1-2-15(16)11-14/h1-6,14-16H,7-13H2/p+1/t14-,15+,16+/m1/s1. The minimum atomic E-state index is -3.58. The van der Waals surface area contributed by atoms with E-state index in [0.717, 1.165) is 37.4 Å². The van der Waals surface area contributed by atoms with Gasteiger partial charge in [-0.3, -0.25) is 10.1 Å². The van der Waals surface area contributed by atoms with Crippen LogP contribution < -0.4 is 4.90 Å². The first-order valence-electron chi connectivity index (χ1n) is 9.20. The van der Waals surface area contributed by atoms with Crippen LogP contribution in [-0.2, 0) is 10.0 Å². The Balaban J connectivity index is 1.36. The van der Waals surface area contributed by atoms with E-state index in [-0.39, 0.29) is 10.6 Å². The maximum atomic E-state index is 12.8. The molecule has 2 aliphatic carbocycles. The Hall–Kier alpha value is -1.77. The zero-order chi connectivity index (χ0) is 18.3.